The van der Waals surface area contributed by atoms with Gasteiger partial charge in [-0.2, -0.15) is 11.8 Å². The Morgan fingerprint density at radius 1 is 1.50 bits per heavy atom. The molecule has 1 N–H and O–H groups in total. The minimum Gasteiger partial charge on any atom is -0.356 e. The molecule has 1 rings (SSSR count). The van der Waals surface area contributed by atoms with Gasteiger partial charge in [0.05, 0.1) is 0 Å². The third-order valence-corrected chi connectivity index (χ3v) is 3.51. The highest BCUT2D eigenvalue weighted by Gasteiger charge is 2.14. The lowest BCUT2D eigenvalue weighted by molar-refractivity contribution is -0.118. The molecule has 0 aromatic carbocycles. The highest BCUT2D eigenvalue weighted by molar-refractivity contribution is 7.99. The summed E-state index contributed by atoms with van der Waals surface area (Å²) in [4.78, 5) is 10.5. The molecule has 0 aliphatic heterocycles. The van der Waals surface area contributed by atoms with E-state index in [1.165, 1.54) is 25.7 Å². The summed E-state index contributed by atoms with van der Waals surface area (Å²) in [6, 6.07) is 0. The molecule has 0 radical (unpaired) electrons. The van der Waals surface area contributed by atoms with Crippen LogP contribution in [0.5, 0.6) is 0 Å². The lowest BCUT2D eigenvalue weighted by Crippen LogP contribution is -2.22. The van der Waals surface area contributed by atoms with Gasteiger partial charge in [0.25, 0.3) is 0 Å². The van der Waals surface area contributed by atoms with Gasteiger partial charge in [0.15, 0.2) is 0 Å². The molecule has 0 bridgehead atoms. The molecule has 0 saturated heterocycles. The first-order valence-corrected chi connectivity index (χ1v) is 5.70. The van der Waals surface area contributed by atoms with E-state index in [0.29, 0.717) is 0 Å². The molecule has 2 nitrogen and oxygen atoms in total. The summed E-state index contributed by atoms with van der Waals surface area (Å²) in [7, 11) is 0. The third-order valence-electron chi connectivity index (χ3n) is 2.13. The molecule has 0 spiro atoms. The lowest BCUT2D eigenvalue weighted by Gasteiger charge is -2.07. The number of rotatable bonds is 4. The highest BCUT2D eigenvalue weighted by atomic mass is 32.2. The topological polar surface area (TPSA) is 29.1 Å². The predicted octanol–water partition coefficient (Wildman–Crippen LogP) is 1.80. The Balaban J connectivity index is 1.91. The van der Waals surface area contributed by atoms with Crippen molar-refractivity contribution in [3.05, 3.63) is 0 Å². The maximum atomic E-state index is 10.5. The van der Waals surface area contributed by atoms with E-state index in [1.54, 1.807) is 6.92 Å². The van der Waals surface area contributed by atoms with Crippen molar-refractivity contribution >= 4 is 17.7 Å². The van der Waals surface area contributed by atoms with E-state index in [1.807, 2.05) is 11.8 Å². The van der Waals surface area contributed by atoms with E-state index in [4.69, 9.17) is 0 Å². The van der Waals surface area contributed by atoms with Crippen LogP contribution in [0, 0.1) is 0 Å². The highest BCUT2D eigenvalue weighted by Crippen LogP contribution is 2.28. The van der Waals surface area contributed by atoms with Gasteiger partial charge in [-0.15, -0.1) is 0 Å². The van der Waals surface area contributed by atoms with Crippen LogP contribution in [0.25, 0.3) is 0 Å². The van der Waals surface area contributed by atoms with Gasteiger partial charge in [0.1, 0.15) is 0 Å². The molecular weight excluding hydrogens is 170 g/mol. The minimum atomic E-state index is 0.0852. The monoisotopic (exact) mass is 187 g/mol. The summed E-state index contributed by atoms with van der Waals surface area (Å²) in [5, 5.41) is 3.68. The van der Waals surface area contributed by atoms with Gasteiger partial charge in [0.2, 0.25) is 5.91 Å². The summed E-state index contributed by atoms with van der Waals surface area (Å²) < 4.78 is 0. The smallest absolute Gasteiger partial charge is 0.216 e. The number of amides is 1. The number of hydrogen-bond acceptors (Lipinski definition) is 2. The molecule has 0 heterocycles. The quantitative estimate of drug-likeness (QED) is 0.680. The molecule has 0 unspecified atom stereocenters. The Bertz CT molecular complexity index is 143. The average Bonchev–Trinajstić information content (AvgIpc) is 2.49. The van der Waals surface area contributed by atoms with Gasteiger partial charge in [-0.25, -0.2) is 0 Å². The average molecular weight is 187 g/mol. The predicted molar refractivity (Wildman–Crippen MR) is 53.4 cm³/mol. The molecule has 0 aromatic rings. The van der Waals surface area contributed by atoms with Crippen molar-refractivity contribution in [2.75, 3.05) is 12.3 Å². The summed E-state index contributed by atoms with van der Waals surface area (Å²) in [6.07, 6.45) is 5.56. The van der Waals surface area contributed by atoms with E-state index < -0.39 is 0 Å². The molecule has 70 valence electrons. The zero-order chi connectivity index (χ0) is 8.81. The van der Waals surface area contributed by atoms with Crippen LogP contribution in [0.4, 0.5) is 0 Å². The van der Waals surface area contributed by atoms with Crippen LogP contribution in [0.2, 0.25) is 0 Å². The SMILES string of the molecule is CC(=O)NCCSC1CCCC1. The van der Waals surface area contributed by atoms with Gasteiger partial charge >= 0.3 is 0 Å². The van der Waals surface area contributed by atoms with Crippen molar-refractivity contribution in [1.29, 1.82) is 0 Å². The molecule has 0 aromatic heterocycles. The minimum absolute atomic E-state index is 0.0852. The maximum Gasteiger partial charge on any atom is 0.216 e. The fourth-order valence-electron chi connectivity index (χ4n) is 1.51. The van der Waals surface area contributed by atoms with E-state index in [2.05, 4.69) is 5.32 Å². The van der Waals surface area contributed by atoms with Crippen molar-refractivity contribution in [2.45, 2.75) is 37.9 Å². The van der Waals surface area contributed by atoms with E-state index in [-0.39, 0.29) is 5.91 Å². The van der Waals surface area contributed by atoms with Crippen molar-refractivity contribution < 1.29 is 4.79 Å². The molecule has 3 heteroatoms. The summed E-state index contributed by atoms with van der Waals surface area (Å²) in [5.41, 5.74) is 0. The number of nitrogens with one attached hydrogen (secondary N) is 1. The van der Waals surface area contributed by atoms with Crippen LogP contribution < -0.4 is 5.32 Å². The number of carbonyl (C=O) groups excluding carboxylic acids is 1. The first-order valence-electron chi connectivity index (χ1n) is 4.65. The van der Waals surface area contributed by atoms with Crippen molar-refractivity contribution in [3.8, 4) is 0 Å². The van der Waals surface area contributed by atoms with Gasteiger partial charge in [-0.1, -0.05) is 12.8 Å². The molecule has 1 saturated carbocycles. The van der Waals surface area contributed by atoms with Crippen LogP contribution in [-0.4, -0.2) is 23.5 Å². The Morgan fingerprint density at radius 3 is 2.75 bits per heavy atom. The van der Waals surface area contributed by atoms with E-state index in [0.717, 1.165) is 17.5 Å². The second-order valence-electron chi connectivity index (χ2n) is 3.26. The van der Waals surface area contributed by atoms with E-state index in [9.17, 15) is 4.79 Å². The maximum absolute atomic E-state index is 10.5. The fraction of sp³-hybridized carbons (Fsp3) is 0.889. The standard InChI is InChI=1S/C9H17NOS/c1-8(11)10-6-7-12-9-4-2-3-5-9/h9H,2-7H2,1H3,(H,10,11). The molecule has 1 amide bonds. The van der Waals surface area contributed by atoms with Crippen LogP contribution in [-0.2, 0) is 4.79 Å². The lowest BCUT2D eigenvalue weighted by atomic mass is 10.4. The Labute approximate surface area is 78.5 Å². The number of hydrogen-bond donors (Lipinski definition) is 1. The van der Waals surface area contributed by atoms with Crippen molar-refractivity contribution in [1.82, 2.24) is 5.32 Å². The Morgan fingerprint density at radius 2 is 2.17 bits per heavy atom. The van der Waals surface area contributed by atoms with Crippen LogP contribution in [0.3, 0.4) is 0 Å². The Kier molecular flexibility index (Phi) is 4.51. The van der Waals surface area contributed by atoms with Crippen LogP contribution in [0.1, 0.15) is 32.6 Å². The van der Waals surface area contributed by atoms with Crippen molar-refractivity contribution in [2.24, 2.45) is 0 Å². The van der Waals surface area contributed by atoms with Gasteiger partial charge in [-0.05, 0) is 12.8 Å². The zero-order valence-corrected chi connectivity index (χ0v) is 8.45. The largest absolute Gasteiger partial charge is 0.356 e. The van der Waals surface area contributed by atoms with E-state index >= 15 is 0 Å². The molecule has 0 atom stereocenters. The molecular formula is C9H17NOS. The van der Waals surface area contributed by atoms with Gasteiger partial charge in [-0.3, -0.25) is 4.79 Å². The van der Waals surface area contributed by atoms with Gasteiger partial charge < -0.3 is 5.32 Å². The Hall–Kier alpha value is -0.180. The number of carbonyl (C=O) groups is 1. The third kappa shape index (κ3) is 4.00. The van der Waals surface area contributed by atoms with Crippen LogP contribution in [0.15, 0.2) is 0 Å². The molecule has 12 heavy (non-hydrogen) atoms. The zero-order valence-electron chi connectivity index (χ0n) is 7.64. The summed E-state index contributed by atoms with van der Waals surface area (Å²) in [5.74, 6) is 1.16. The van der Waals surface area contributed by atoms with Crippen molar-refractivity contribution in [3.63, 3.8) is 0 Å². The second kappa shape index (κ2) is 5.46. The first kappa shape index (κ1) is 9.90. The normalized spacial score (nSPS) is 18.1. The second-order valence-corrected chi connectivity index (χ2v) is 4.67. The van der Waals surface area contributed by atoms with Gasteiger partial charge in [0, 0.05) is 24.5 Å². The first-order chi connectivity index (χ1) is 5.79. The summed E-state index contributed by atoms with van der Waals surface area (Å²) >= 11 is 2.01. The number of thioether (sulfide) groups is 1. The summed E-state index contributed by atoms with van der Waals surface area (Å²) in [6.45, 7) is 2.40. The molecule has 1 fully saturated rings. The fourth-order valence-corrected chi connectivity index (χ4v) is 2.73. The molecule has 1 aliphatic carbocycles. The van der Waals surface area contributed by atoms with Crippen LogP contribution >= 0.6 is 11.8 Å². The molecule has 1 aliphatic rings.